The van der Waals surface area contributed by atoms with Gasteiger partial charge in [-0.1, -0.05) is 13.0 Å². The van der Waals surface area contributed by atoms with Crippen molar-refractivity contribution in [1.82, 2.24) is 4.98 Å². The summed E-state index contributed by atoms with van der Waals surface area (Å²) in [6.07, 6.45) is 2.96. The Morgan fingerprint density at radius 3 is 3.07 bits per heavy atom. The zero-order valence-corrected chi connectivity index (χ0v) is 8.33. The molecule has 2 heteroatoms. The highest BCUT2D eigenvalue weighted by Gasteiger charge is 1.94. The molecule has 0 amide bonds. The molecule has 0 aliphatic heterocycles. The molecule has 0 aliphatic rings. The van der Waals surface area contributed by atoms with Crippen LogP contribution >= 0.6 is 0 Å². The van der Waals surface area contributed by atoms with E-state index in [9.17, 15) is 0 Å². The van der Waals surface area contributed by atoms with Crippen molar-refractivity contribution >= 4 is 16.6 Å². The summed E-state index contributed by atoms with van der Waals surface area (Å²) in [5.41, 5.74) is 2.22. The zero-order valence-electron chi connectivity index (χ0n) is 8.33. The molecular formula is C12H14N2. The lowest BCUT2D eigenvalue weighted by Gasteiger charge is -2.05. The van der Waals surface area contributed by atoms with Gasteiger partial charge in [0.1, 0.15) is 0 Å². The van der Waals surface area contributed by atoms with Crippen molar-refractivity contribution < 1.29 is 0 Å². The van der Waals surface area contributed by atoms with Crippen molar-refractivity contribution in [3.05, 3.63) is 36.5 Å². The largest absolute Gasteiger partial charge is 0.385 e. The molecule has 2 nitrogen and oxygen atoms in total. The van der Waals surface area contributed by atoms with E-state index < -0.39 is 0 Å². The number of aromatic nitrogens is 1. The van der Waals surface area contributed by atoms with Gasteiger partial charge in [0.05, 0.1) is 5.52 Å². The van der Waals surface area contributed by atoms with E-state index in [0.717, 1.165) is 18.5 Å². The fourth-order valence-corrected chi connectivity index (χ4v) is 1.45. The number of benzene rings is 1. The van der Waals surface area contributed by atoms with Crippen molar-refractivity contribution in [2.24, 2.45) is 0 Å². The van der Waals surface area contributed by atoms with Crippen molar-refractivity contribution in [3.63, 3.8) is 0 Å². The summed E-state index contributed by atoms with van der Waals surface area (Å²) in [4.78, 5) is 4.27. The van der Waals surface area contributed by atoms with Crippen molar-refractivity contribution in [2.75, 3.05) is 11.9 Å². The highest BCUT2D eigenvalue weighted by atomic mass is 14.9. The Morgan fingerprint density at radius 1 is 1.29 bits per heavy atom. The second-order valence-electron chi connectivity index (χ2n) is 3.34. The Labute approximate surface area is 84.0 Å². The number of nitrogens with one attached hydrogen (secondary N) is 1. The summed E-state index contributed by atoms with van der Waals surface area (Å²) < 4.78 is 0. The molecule has 14 heavy (non-hydrogen) atoms. The Bertz CT molecular complexity index is 423. The third-order valence-corrected chi connectivity index (χ3v) is 2.18. The van der Waals surface area contributed by atoms with Crippen LogP contribution in [-0.4, -0.2) is 11.5 Å². The van der Waals surface area contributed by atoms with E-state index in [2.05, 4.69) is 35.4 Å². The van der Waals surface area contributed by atoms with Crippen LogP contribution in [0, 0.1) is 0 Å². The monoisotopic (exact) mass is 186 g/mol. The lowest BCUT2D eigenvalue weighted by atomic mass is 10.2. The first kappa shape index (κ1) is 9.00. The molecule has 1 heterocycles. The molecule has 0 fully saturated rings. The van der Waals surface area contributed by atoms with Gasteiger partial charge in [0, 0.05) is 23.8 Å². The van der Waals surface area contributed by atoms with E-state index in [1.165, 1.54) is 11.1 Å². The smallest absolute Gasteiger partial charge is 0.0703 e. The van der Waals surface area contributed by atoms with E-state index in [-0.39, 0.29) is 0 Å². The van der Waals surface area contributed by atoms with Crippen LogP contribution in [0.15, 0.2) is 36.5 Å². The number of hydrogen-bond acceptors (Lipinski definition) is 2. The van der Waals surface area contributed by atoms with Crippen LogP contribution < -0.4 is 5.32 Å². The van der Waals surface area contributed by atoms with Gasteiger partial charge in [0.25, 0.3) is 0 Å². The fourth-order valence-electron chi connectivity index (χ4n) is 1.45. The van der Waals surface area contributed by atoms with Crippen molar-refractivity contribution in [3.8, 4) is 0 Å². The summed E-state index contributed by atoms with van der Waals surface area (Å²) in [6.45, 7) is 3.18. The maximum Gasteiger partial charge on any atom is 0.0703 e. The Hall–Kier alpha value is -1.57. The van der Waals surface area contributed by atoms with Gasteiger partial charge in [-0.05, 0) is 30.7 Å². The number of hydrogen-bond donors (Lipinski definition) is 1. The first-order valence-corrected chi connectivity index (χ1v) is 4.99. The molecule has 1 N–H and O–H groups in total. The number of anilines is 1. The number of pyridine rings is 1. The molecule has 0 aliphatic carbocycles. The predicted octanol–water partition coefficient (Wildman–Crippen LogP) is 3.06. The second-order valence-corrected chi connectivity index (χ2v) is 3.34. The first-order chi connectivity index (χ1) is 6.90. The Balaban J connectivity index is 2.32. The molecular weight excluding hydrogens is 172 g/mol. The summed E-state index contributed by atoms with van der Waals surface area (Å²) in [6, 6.07) is 10.3. The van der Waals surface area contributed by atoms with Gasteiger partial charge in [0.2, 0.25) is 0 Å². The quantitative estimate of drug-likeness (QED) is 0.796. The molecule has 1 aromatic heterocycles. The topological polar surface area (TPSA) is 24.9 Å². The van der Waals surface area contributed by atoms with Gasteiger partial charge < -0.3 is 5.32 Å². The highest BCUT2D eigenvalue weighted by Crippen LogP contribution is 2.16. The fraction of sp³-hybridized carbons (Fsp3) is 0.250. The minimum absolute atomic E-state index is 1.02. The van der Waals surface area contributed by atoms with Gasteiger partial charge in [-0.25, -0.2) is 0 Å². The average Bonchev–Trinajstić information content (AvgIpc) is 2.26. The molecule has 0 unspecified atom stereocenters. The van der Waals surface area contributed by atoms with Gasteiger partial charge in [-0.3, -0.25) is 4.98 Å². The number of rotatable bonds is 3. The molecule has 72 valence electrons. The van der Waals surface area contributed by atoms with E-state index in [0.29, 0.717) is 0 Å². The van der Waals surface area contributed by atoms with Gasteiger partial charge in [-0.15, -0.1) is 0 Å². The van der Waals surface area contributed by atoms with Gasteiger partial charge in [-0.2, -0.15) is 0 Å². The molecule has 0 atom stereocenters. The summed E-state index contributed by atoms with van der Waals surface area (Å²) in [5, 5.41) is 4.55. The van der Waals surface area contributed by atoms with Crippen LogP contribution in [-0.2, 0) is 0 Å². The molecule has 0 saturated heterocycles. The van der Waals surface area contributed by atoms with Crippen LogP contribution in [0.2, 0.25) is 0 Å². The first-order valence-electron chi connectivity index (χ1n) is 4.99. The van der Waals surface area contributed by atoms with Crippen LogP contribution in [0.1, 0.15) is 13.3 Å². The van der Waals surface area contributed by atoms with Crippen LogP contribution in [0.5, 0.6) is 0 Å². The Kier molecular flexibility index (Phi) is 2.63. The number of fused-ring (bicyclic) bond motifs is 1. The van der Waals surface area contributed by atoms with Gasteiger partial charge in [0.15, 0.2) is 0 Å². The van der Waals surface area contributed by atoms with E-state index in [1.54, 1.807) is 0 Å². The minimum Gasteiger partial charge on any atom is -0.385 e. The molecule has 0 radical (unpaired) electrons. The van der Waals surface area contributed by atoms with Crippen LogP contribution in [0.3, 0.4) is 0 Å². The summed E-state index contributed by atoms with van der Waals surface area (Å²) in [5.74, 6) is 0. The van der Waals surface area contributed by atoms with E-state index >= 15 is 0 Å². The predicted molar refractivity (Wildman–Crippen MR) is 60.5 cm³/mol. The molecule has 0 bridgehead atoms. The lowest BCUT2D eigenvalue weighted by molar-refractivity contribution is 0.980. The van der Waals surface area contributed by atoms with Crippen molar-refractivity contribution in [2.45, 2.75) is 13.3 Å². The highest BCUT2D eigenvalue weighted by molar-refractivity contribution is 5.82. The summed E-state index contributed by atoms with van der Waals surface area (Å²) in [7, 11) is 0. The maximum absolute atomic E-state index is 4.27. The normalized spacial score (nSPS) is 10.4. The molecule has 0 saturated carbocycles. The second kappa shape index (κ2) is 4.09. The molecule has 2 aromatic rings. The van der Waals surface area contributed by atoms with Crippen LogP contribution in [0.4, 0.5) is 5.69 Å². The maximum atomic E-state index is 4.27. The number of nitrogens with zero attached hydrogens (tertiary/aromatic N) is 1. The van der Waals surface area contributed by atoms with Gasteiger partial charge >= 0.3 is 0 Å². The summed E-state index contributed by atoms with van der Waals surface area (Å²) >= 11 is 0. The average molecular weight is 186 g/mol. The van der Waals surface area contributed by atoms with E-state index in [1.807, 2.05) is 18.3 Å². The third kappa shape index (κ3) is 1.84. The minimum atomic E-state index is 1.02. The van der Waals surface area contributed by atoms with E-state index in [4.69, 9.17) is 0 Å². The van der Waals surface area contributed by atoms with Crippen LogP contribution in [0.25, 0.3) is 10.9 Å². The SMILES string of the molecule is CCCNc1ccc2ncccc2c1. The Morgan fingerprint density at radius 2 is 2.21 bits per heavy atom. The third-order valence-electron chi connectivity index (χ3n) is 2.18. The molecule has 2 rings (SSSR count). The lowest BCUT2D eigenvalue weighted by Crippen LogP contribution is -1.99. The van der Waals surface area contributed by atoms with Crippen molar-refractivity contribution in [1.29, 1.82) is 0 Å². The molecule has 1 aromatic carbocycles. The molecule has 0 spiro atoms. The standard InChI is InChI=1S/C12H14N2/c1-2-7-13-11-5-6-12-10(9-11)4-3-8-14-12/h3-6,8-9,13H,2,7H2,1H3. The zero-order chi connectivity index (χ0) is 9.80.